The number of rotatable bonds is 3. The first kappa shape index (κ1) is 18.9. The first-order chi connectivity index (χ1) is 13.0. The summed E-state index contributed by atoms with van der Waals surface area (Å²) >= 11 is 14.8. The van der Waals surface area contributed by atoms with E-state index in [0.29, 0.717) is 14.2 Å². The highest BCUT2D eigenvalue weighted by atomic mass is 35.5. The highest BCUT2D eigenvalue weighted by Crippen LogP contribution is 2.51. The van der Waals surface area contributed by atoms with Crippen molar-refractivity contribution in [3.8, 4) is 0 Å². The molecule has 4 rings (SSSR count). The molecule has 1 unspecified atom stereocenters. The largest absolute Gasteiger partial charge is 0.334 e. The molecular weight excluding hydrogens is 416 g/mol. The van der Waals surface area contributed by atoms with E-state index in [-0.39, 0.29) is 11.9 Å². The van der Waals surface area contributed by atoms with Crippen molar-refractivity contribution >= 4 is 63.3 Å². The Morgan fingerprint density at radius 3 is 2.59 bits per heavy atom. The molecule has 7 heteroatoms. The van der Waals surface area contributed by atoms with Gasteiger partial charge in [-0.25, -0.2) is 0 Å². The van der Waals surface area contributed by atoms with Crippen LogP contribution < -0.4 is 4.90 Å². The summed E-state index contributed by atoms with van der Waals surface area (Å²) in [5, 5.41) is 1.63. The Hall–Kier alpha value is -1.47. The van der Waals surface area contributed by atoms with Crippen molar-refractivity contribution in [1.29, 1.82) is 0 Å². The molecule has 0 N–H and O–H groups in total. The SMILES string of the molecule is CCN1/C(=C2/SC(=S)N(C(C)c3ccccc3)C2=O)Sc2ccc(Cl)cc21. The molecule has 0 bridgehead atoms. The van der Waals surface area contributed by atoms with E-state index in [1.807, 2.05) is 55.5 Å². The molecule has 2 heterocycles. The number of hydrogen-bond donors (Lipinski definition) is 0. The Morgan fingerprint density at radius 1 is 1.15 bits per heavy atom. The number of fused-ring (bicyclic) bond motifs is 1. The molecule has 27 heavy (non-hydrogen) atoms. The normalized spacial score (nSPS) is 20.4. The first-order valence-electron chi connectivity index (χ1n) is 8.60. The lowest BCUT2D eigenvalue weighted by Gasteiger charge is -2.24. The van der Waals surface area contributed by atoms with Crippen molar-refractivity contribution in [2.24, 2.45) is 0 Å². The van der Waals surface area contributed by atoms with E-state index >= 15 is 0 Å². The standard InChI is InChI=1S/C20H17ClN2OS3/c1-3-22-15-11-14(21)9-10-16(15)26-19(22)17-18(24)23(20(25)27-17)12(2)13-7-5-4-6-8-13/h4-12H,3H2,1-2H3/b19-17-. The summed E-state index contributed by atoms with van der Waals surface area (Å²) < 4.78 is 0.601. The fraction of sp³-hybridized carbons (Fsp3) is 0.200. The molecule has 1 amide bonds. The highest BCUT2D eigenvalue weighted by Gasteiger charge is 2.41. The maximum Gasteiger partial charge on any atom is 0.269 e. The maximum atomic E-state index is 13.3. The molecule has 0 aromatic heterocycles. The van der Waals surface area contributed by atoms with Crippen LogP contribution in [0.1, 0.15) is 25.5 Å². The third-order valence-electron chi connectivity index (χ3n) is 4.64. The number of benzene rings is 2. The van der Waals surface area contributed by atoms with Gasteiger partial charge >= 0.3 is 0 Å². The second-order valence-corrected chi connectivity index (χ2v) is 9.33. The first-order valence-corrected chi connectivity index (χ1v) is 11.0. The molecule has 0 radical (unpaired) electrons. The van der Waals surface area contributed by atoms with Crippen molar-refractivity contribution < 1.29 is 4.79 Å². The summed E-state index contributed by atoms with van der Waals surface area (Å²) in [6.07, 6.45) is 0. The van der Waals surface area contributed by atoms with Crippen LogP contribution in [0.2, 0.25) is 5.02 Å². The van der Waals surface area contributed by atoms with Gasteiger partial charge in [0.15, 0.2) is 0 Å². The number of halogens is 1. The van der Waals surface area contributed by atoms with E-state index in [1.165, 1.54) is 11.8 Å². The van der Waals surface area contributed by atoms with Gasteiger partial charge in [-0.15, -0.1) is 0 Å². The van der Waals surface area contributed by atoms with Crippen LogP contribution in [0, 0.1) is 0 Å². The van der Waals surface area contributed by atoms with Crippen molar-refractivity contribution in [3.63, 3.8) is 0 Å². The molecule has 2 aliphatic rings. The molecule has 2 aliphatic heterocycles. The van der Waals surface area contributed by atoms with E-state index in [0.717, 1.165) is 27.7 Å². The number of amides is 1. The van der Waals surface area contributed by atoms with Crippen LogP contribution >= 0.6 is 47.3 Å². The second-order valence-electron chi connectivity index (χ2n) is 6.22. The lowest BCUT2D eigenvalue weighted by molar-refractivity contribution is -0.123. The van der Waals surface area contributed by atoms with Crippen LogP contribution in [-0.4, -0.2) is 21.7 Å². The monoisotopic (exact) mass is 432 g/mol. The number of carbonyl (C=O) groups is 1. The number of thiocarbonyl (C=S) groups is 1. The smallest absolute Gasteiger partial charge is 0.269 e. The van der Waals surface area contributed by atoms with Gasteiger partial charge in [-0.1, -0.05) is 77.7 Å². The summed E-state index contributed by atoms with van der Waals surface area (Å²) in [5.41, 5.74) is 2.12. The van der Waals surface area contributed by atoms with Gasteiger partial charge in [0.2, 0.25) is 0 Å². The van der Waals surface area contributed by atoms with Gasteiger partial charge in [-0.05, 0) is 37.6 Å². The zero-order chi connectivity index (χ0) is 19.1. The molecule has 0 spiro atoms. The molecule has 1 saturated heterocycles. The van der Waals surface area contributed by atoms with E-state index in [4.69, 9.17) is 23.8 Å². The van der Waals surface area contributed by atoms with E-state index in [9.17, 15) is 4.79 Å². The number of carbonyl (C=O) groups excluding carboxylic acids is 1. The Bertz CT molecular complexity index is 961. The van der Waals surface area contributed by atoms with Crippen molar-refractivity contribution in [2.45, 2.75) is 24.8 Å². The second kappa shape index (κ2) is 7.51. The van der Waals surface area contributed by atoms with Gasteiger partial charge in [0.05, 0.1) is 11.7 Å². The predicted molar refractivity (Wildman–Crippen MR) is 119 cm³/mol. The van der Waals surface area contributed by atoms with Crippen LogP contribution in [0.3, 0.4) is 0 Å². The fourth-order valence-electron chi connectivity index (χ4n) is 3.26. The van der Waals surface area contributed by atoms with E-state index in [1.54, 1.807) is 16.7 Å². The third kappa shape index (κ3) is 3.29. The topological polar surface area (TPSA) is 23.6 Å². The number of hydrogen-bond acceptors (Lipinski definition) is 5. The Balaban J connectivity index is 1.71. The summed E-state index contributed by atoms with van der Waals surface area (Å²) in [6, 6.07) is 15.7. The molecule has 1 fully saturated rings. The molecule has 2 aromatic rings. The summed E-state index contributed by atoms with van der Waals surface area (Å²) in [7, 11) is 0. The summed E-state index contributed by atoms with van der Waals surface area (Å²) in [5.74, 6) is -0.0267. The average Bonchev–Trinajstić information content (AvgIpc) is 3.17. The lowest BCUT2D eigenvalue weighted by Crippen LogP contribution is -2.31. The molecular formula is C20H17ClN2OS3. The van der Waals surface area contributed by atoms with E-state index < -0.39 is 0 Å². The Morgan fingerprint density at radius 2 is 1.89 bits per heavy atom. The van der Waals surface area contributed by atoms with Crippen molar-refractivity contribution in [1.82, 2.24) is 4.90 Å². The fourth-order valence-corrected chi connectivity index (χ4v) is 6.20. The Kier molecular flexibility index (Phi) is 5.25. The van der Waals surface area contributed by atoms with Gasteiger partial charge < -0.3 is 4.90 Å². The van der Waals surface area contributed by atoms with Gasteiger partial charge in [0.25, 0.3) is 5.91 Å². The zero-order valence-corrected chi connectivity index (χ0v) is 18.0. The molecule has 0 aliphatic carbocycles. The average molecular weight is 433 g/mol. The summed E-state index contributed by atoms with van der Waals surface area (Å²) in [6.45, 7) is 4.85. The van der Waals surface area contributed by atoms with Crippen LogP contribution in [-0.2, 0) is 4.79 Å². The Labute approximate surface area is 177 Å². The van der Waals surface area contributed by atoms with Crippen LogP contribution in [0.4, 0.5) is 5.69 Å². The summed E-state index contributed by atoms with van der Waals surface area (Å²) in [4.78, 5) is 19.0. The van der Waals surface area contributed by atoms with Crippen molar-refractivity contribution in [2.75, 3.05) is 11.4 Å². The van der Waals surface area contributed by atoms with Crippen LogP contribution in [0.5, 0.6) is 0 Å². The van der Waals surface area contributed by atoms with Gasteiger partial charge in [-0.3, -0.25) is 9.69 Å². The van der Waals surface area contributed by atoms with Gasteiger partial charge in [0, 0.05) is 16.5 Å². The lowest BCUT2D eigenvalue weighted by atomic mass is 10.1. The molecule has 0 saturated carbocycles. The van der Waals surface area contributed by atoms with Crippen molar-refractivity contribution in [3.05, 3.63) is 69.1 Å². The highest BCUT2D eigenvalue weighted by molar-refractivity contribution is 8.27. The molecule has 1 atom stereocenters. The van der Waals surface area contributed by atoms with Gasteiger partial charge in [-0.2, -0.15) is 0 Å². The minimum atomic E-state index is -0.102. The van der Waals surface area contributed by atoms with Gasteiger partial charge in [0.1, 0.15) is 14.3 Å². The molecule has 3 nitrogen and oxygen atoms in total. The number of nitrogens with zero attached hydrogens (tertiary/aromatic N) is 2. The minimum Gasteiger partial charge on any atom is -0.334 e. The minimum absolute atomic E-state index is 0.0267. The predicted octanol–water partition coefficient (Wildman–Crippen LogP) is 6.06. The zero-order valence-electron chi connectivity index (χ0n) is 14.8. The number of anilines is 1. The maximum absolute atomic E-state index is 13.3. The number of thioether (sulfide) groups is 2. The van der Waals surface area contributed by atoms with Crippen LogP contribution in [0.15, 0.2) is 63.4 Å². The molecule has 2 aromatic carbocycles. The third-order valence-corrected chi connectivity index (χ3v) is 7.58. The molecule has 138 valence electrons. The van der Waals surface area contributed by atoms with Crippen LogP contribution in [0.25, 0.3) is 0 Å². The quantitative estimate of drug-likeness (QED) is 0.433. The van der Waals surface area contributed by atoms with E-state index in [2.05, 4.69) is 11.8 Å².